The molecule has 1 aromatic heterocycles. The van der Waals surface area contributed by atoms with E-state index < -0.39 is 17.9 Å². The first-order valence-electron chi connectivity index (χ1n) is 14.5. The maximum atomic E-state index is 13.6. The molecule has 3 heterocycles. The predicted molar refractivity (Wildman–Crippen MR) is 155 cm³/mol. The van der Waals surface area contributed by atoms with Gasteiger partial charge in [0.2, 0.25) is 12.7 Å². The number of rotatable bonds is 13. The maximum absolute atomic E-state index is 13.6. The number of aromatic hydroxyl groups is 1. The molecule has 0 spiro atoms. The molecule has 3 aromatic rings. The Hall–Kier alpha value is -3.76. The summed E-state index contributed by atoms with van der Waals surface area (Å²) in [4.78, 5) is 30.3. The van der Waals surface area contributed by atoms with Crippen LogP contribution in [0, 0.1) is 5.92 Å². The summed E-state index contributed by atoms with van der Waals surface area (Å²) in [7, 11) is 0. The van der Waals surface area contributed by atoms with E-state index in [0.29, 0.717) is 50.6 Å². The number of amides is 1. The van der Waals surface area contributed by atoms with Gasteiger partial charge < -0.3 is 34.9 Å². The number of nitrogens with zero attached hydrogens (tertiary/aromatic N) is 3. The van der Waals surface area contributed by atoms with Gasteiger partial charge in [-0.2, -0.15) is 0 Å². The number of carboxylic acid groups (broad SMARTS) is 1. The Labute approximate surface area is 240 Å². The number of carbonyl (C=O) groups excluding carboxylic acids is 1. The smallest absolute Gasteiger partial charge is 0.308 e. The molecule has 2 aliphatic rings. The van der Waals surface area contributed by atoms with E-state index in [-0.39, 0.29) is 31.0 Å². The molecule has 1 saturated heterocycles. The third-order valence-electron chi connectivity index (χ3n) is 8.40. The molecule has 1 amide bonds. The van der Waals surface area contributed by atoms with Crippen molar-refractivity contribution in [1.82, 2.24) is 14.4 Å². The molecule has 1 unspecified atom stereocenters. The lowest BCUT2D eigenvalue weighted by Gasteiger charge is -2.30. The van der Waals surface area contributed by atoms with Crippen LogP contribution in [0.25, 0.3) is 10.8 Å². The van der Waals surface area contributed by atoms with Gasteiger partial charge in [0.1, 0.15) is 0 Å². The van der Waals surface area contributed by atoms with Crippen LogP contribution < -0.4 is 15.2 Å². The highest BCUT2D eigenvalue weighted by molar-refractivity contribution is 5.87. The average molecular weight is 565 g/mol. The highest BCUT2D eigenvalue weighted by Gasteiger charge is 2.47. The molecule has 3 atom stereocenters. The minimum Gasteiger partial charge on any atom is -0.494 e. The van der Waals surface area contributed by atoms with Crippen molar-refractivity contribution < 1.29 is 29.3 Å². The van der Waals surface area contributed by atoms with Crippen LogP contribution in [0.3, 0.4) is 0 Å². The first kappa shape index (κ1) is 28.8. The van der Waals surface area contributed by atoms with Crippen LogP contribution in [0.5, 0.6) is 17.4 Å². The number of ether oxygens (including phenoxy) is 2. The number of nitrogens with two attached hydrogens (primary N) is 1. The van der Waals surface area contributed by atoms with Gasteiger partial charge in [0, 0.05) is 55.1 Å². The molecular formula is C31H40N4O6. The number of aryl methyl sites for hydroxylation is 1. The fourth-order valence-corrected chi connectivity index (χ4v) is 6.24. The molecule has 10 nitrogen and oxygen atoms in total. The van der Waals surface area contributed by atoms with Crippen molar-refractivity contribution >= 4 is 22.6 Å². The zero-order valence-corrected chi connectivity index (χ0v) is 23.6. The van der Waals surface area contributed by atoms with Crippen LogP contribution in [0.2, 0.25) is 0 Å². The van der Waals surface area contributed by atoms with Crippen LogP contribution in [0.15, 0.2) is 48.7 Å². The van der Waals surface area contributed by atoms with Crippen molar-refractivity contribution in [2.24, 2.45) is 11.7 Å². The molecule has 0 aliphatic carbocycles. The molecule has 0 saturated carbocycles. The summed E-state index contributed by atoms with van der Waals surface area (Å²) in [5, 5.41) is 23.0. The monoisotopic (exact) mass is 564 g/mol. The van der Waals surface area contributed by atoms with Crippen molar-refractivity contribution in [2.45, 2.75) is 51.1 Å². The van der Waals surface area contributed by atoms with Crippen molar-refractivity contribution in [3.63, 3.8) is 0 Å². The summed E-state index contributed by atoms with van der Waals surface area (Å²) in [5.41, 5.74) is 6.59. The molecule has 0 bridgehead atoms. The molecule has 2 aromatic carbocycles. The second kappa shape index (κ2) is 12.8. The van der Waals surface area contributed by atoms with Gasteiger partial charge in [-0.05, 0) is 49.6 Å². The second-order valence-electron chi connectivity index (χ2n) is 11.0. The Morgan fingerprint density at radius 2 is 1.88 bits per heavy atom. The summed E-state index contributed by atoms with van der Waals surface area (Å²) in [6, 6.07) is 12.8. The van der Waals surface area contributed by atoms with E-state index in [1.54, 1.807) is 4.57 Å². The van der Waals surface area contributed by atoms with Crippen LogP contribution in [-0.4, -0.2) is 82.0 Å². The molecule has 220 valence electrons. The molecule has 2 aliphatic heterocycles. The lowest BCUT2D eigenvalue weighted by Crippen LogP contribution is -2.45. The molecular weight excluding hydrogens is 524 g/mol. The zero-order chi connectivity index (χ0) is 28.9. The number of carboxylic acids is 1. The Bertz CT molecular complexity index is 1370. The van der Waals surface area contributed by atoms with Crippen molar-refractivity contribution in [3.05, 3.63) is 54.2 Å². The number of carbonyl (C=O) groups is 2. The Balaban J connectivity index is 1.43. The summed E-state index contributed by atoms with van der Waals surface area (Å²) >= 11 is 0. The molecule has 0 radical (unpaired) electrons. The SMILES string of the molecule is CCCCN(CCCN)C(=O)CN1C[C@H](c2ccc3c(c2)OCO3)C(C(=O)O)[C@@H]1CCn1cc2ccccc2c1O. The normalized spacial score (nSPS) is 20.1. The summed E-state index contributed by atoms with van der Waals surface area (Å²) in [5.74, 6) is -0.595. The highest BCUT2D eigenvalue weighted by Crippen LogP contribution is 2.43. The van der Waals surface area contributed by atoms with Crippen molar-refractivity contribution in [1.29, 1.82) is 0 Å². The standard InChI is InChI=1S/C31H40N4O6/c1-2-3-13-33(14-6-12-32)28(36)19-35-18-24(21-9-10-26-27(16-21)41-20-40-26)29(31(38)39)25(35)11-15-34-17-22-7-4-5-8-23(22)30(34)37/h4-5,7-10,16-17,24-25,29,37H,2-3,6,11-15,18-20,32H2,1H3,(H,38,39)/t24-,25+,29?/m1/s1. The van der Waals surface area contributed by atoms with E-state index in [4.69, 9.17) is 15.2 Å². The number of aliphatic carboxylic acids is 1. The number of unbranched alkanes of at least 4 members (excludes halogenated alkanes) is 1. The average Bonchev–Trinajstić information content (AvgIpc) is 3.67. The molecule has 41 heavy (non-hydrogen) atoms. The fourth-order valence-electron chi connectivity index (χ4n) is 6.24. The number of aromatic nitrogens is 1. The Kier molecular flexibility index (Phi) is 8.99. The van der Waals surface area contributed by atoms with E-state index >= 15 is 0 Å². The third kappa shape index (κ3) is 6.13. The number of likely N-dealkylation sites (tertiary alicyclic amines) is 1. The summed E-state index contributed by atoms with van der Waals surface area (Å²) in [6.07, 6.45) is 4.94. The van der Waals surface area contributed by atoms with Crippen LogP contribution in [0.1, 0.15) is 44.1 Å². The van der Waals surface area contributed by atoms with Gasteiger partial charge in [0.25, 0.3) is 0 Å². The number of fused-ring (bicyclic) bond motifs is 2. The molecule has 1 fully saturated rings. The number of hydrogen-bond acceptors (Lipinski definition) is 7. The van der Waals surface area contributed by atoms with Crippen molar-refractivity contribution in [2.75, 3.05) is 39.5 Å². The van der Waals surface area contributed by atoms with E-state index in [1.807, 2.05) is 58.5 Å². The number of benzene rings is 2. The largest absolute Gasteiger partial charge is 0.494 e. The minimum atomic E-state index is -0.902. The first-order chi connectivity index (χ1) is 19.9. The molecule has 5 rings (SSSR count). The van der Waals surface area contributed by atoms with Crippen LogP contribution >= 0.6 is 0 Å². The Morgan fingerprint density at radius 3 is 2.63 bits per heavy atom. The molecule has 4 N–H and O–H groups in total. The second-order valence-corrected chi connectivity index (χ2v) is 11.0. The van der Waals surface area contributed by atoms with Gasteiger partial charge in [0.15, 0.2) is 17.4 Å². The third-order valence-corrected chi connectivity index (χ3v) is 8.40. The van der Waals surface area contributed by atoms with E-state index in [9.17, 15) is 19.8 Å². The van der Waals surface area contributed by atoms with Crippen LogP contribution in [0.4, 0.5) is 0 Å². The van der Waals surface area contributed by atoms with Gasteiger partial charge in [-0.3, -0.25) is 14.5 Å². The summed E-state index contributed by atoms with van der Waals surface area (Å²) < 4.78 is 12.8. The zero-order valence-electron chi connectivity index (χ0n) is 23.6. The predicted octanol–water partition coefficient (Wildman–Crippen LogP) is 3.61. The van der Waals surface area contributed by atoms with Gasteiger partial charge in [0.05, 0.1) is 12.5 Å². The summed E-state index contributed by atoms with van der Waals surface area (Å²) in [6.45, 7) is 4.95. The van der Waals surface area contributed by atoms with Crippen LogP contribution in [-0.2, 0) is 16.1 Å². The lowest BCUT2D eigenvalue weighted by atomic mass is 9.84. The highest BCUT2D eigenvalue weighted by atomic mass is 16.7. The minimum absolute atomic E-state index is 0.0121. The Morgan fingerprint density at radius 1 is 1.10 bits per heavy atom. The van der Waals surface area contributed by atoms with Gasteiger partial charge in [-0.15, -0.1) is 0 Å². The lowest BCUT2D eigenvalue weighted by molar-refractivity contribution is -0.144. The van der Waals surface area contributed by atoms with Crippen molar-refractivity contribution in [3.8, 4) is 17.4 Å². The van der Waals surface area contributed by atoms with E-state index in [0.717, 1.165) is 35.6 Å². The topological polar surface area (TPSA) is 130 Å². The number of hydrogen-bond donors (Lipinski definition) is 3. The fraction of sp³-hybridized carbons (Fsp3) is 0.484. The molecule has 10 heteroatoms. The quantitative estimate of drug-likeness (QED) is 0.287. The van der Waals surface area contributed by atoms with E-state index in [1.165, 1.54) is 0 Å². The maximum Gasteiger partial charge on any atom is 0.308 e. The van der Waals surface area contributed by atoms with Gasteiger partial charge >= 0.3 is 5.97 Å². The van der Waals surface area contributed by atoms with Gasteiger partial charge in [-0.1, -0.05) is 37.6 Å². The van der Waals surface area contributed by atoms with Gasteiger partial charge in [-0.25, -0.2) is 0 Å². The van der Waals surface area contributed by atoms with E-state index in [2.05, 4.69) is 6.92 Å². The first-order valence-corrected chi connectivity index (χ1v) is 14.5.